The Morgan fingerprint density at radius 2 is 1.82 bits per heavy atom. The molecular formula is C24H31N2O6S+. The zero-order chi connectivity index (χ0) is 24.0. The average molecular weight is 476 g/mol. The molecular weight excluding hydrogens is 444 g/mol. The molecule has 0 saturated carbocycles. The molecule has 0 saturated heterocycles. The van der Waals surface area contributed by atoms with Crippen LogP contribution in [0.1, 0.15) is 19.8 Å². The van der Waals surface area contributed by atoms with Crippen LogP contribution in [-0.4, -0.2) is 54.6 Å². The third-order valence-electron chi connectivity index (χ3n) is 5.25. The summed E-state index contributed by atoms with van der Waals surface area (Å²) in [4.78, 5) is 18.0. The molecule has 2 aromatic heterocycles. The van der Waals surface area contributed by atoms with Crippen LogP contribution in [0.25, 0.3) is 11.0 Å². The Morgan fingerprint density at radius 1 is 1.12 bits per heavy atom. The average Bonchev–Trinajstić information content (AvgIpc) is 2.83. The van der Waals surface area contributed by atoms with Crippen molar-refractivity contribution in [2.45, 2.75) is 31.2 Å². The summed E-state index contributed by atoms with van der Waals surface area (Å²) in [6.45, 7) is 3.01. The molecule has 3 rings (SSSR count). The van der Waals surface area contributed by atoms with Crippen LogP contribution in [0.3, 0.4) is 0 Å². The van der Waals surface area contributed by atoms with Crippen molar-refractivity contribution in [3.05, 3.63) is 40.8 Å². The Bertz CT molecular complexity index is 1140. The van der Waals surface area contributed by atoms with E-state index >= 15 is 0 Å². The van der Waals surface area contributed by atoms with E-state index in [2.05, 4.69) is 4.98 Å². The highest BCUT2D eigenvalue weighted by Gasteiger charge is 2.29. The van der Waals surface area contributed by atoms with Gasteiger partial charge < -0.3 is 24.1 Å². The molecule has 0 aliphatic heterocycles. The van der Waals surface area contributed by atoms with Crippen molar-refractivity contribution < 1.29 is 24.1 Å². The van der Waals surface area contributed by atoms with E-state index in [1.807, 2.05) is 13.2 Å². The molecule has 1 unspecified atom stereocenters. The molecule has 1 aromatic carbocycles. The Labute approximate surface area is 196 Å². The largest absolute Gasteiger partial charge is 0.503 e. The molecule has 0 spiro atoms. The van der Waals surface area contributed by atoms with Crippen molar-refractivity contribution >= 4 is 21.9 Å². The Hall–Kier alpha value is -3.07. The molecule has 33 heavy (non-hydrogen) atoms. The molecule has 0 amide bonds. The van der Waals surface area contributed by atoms with Gasteiger partial charge in [0, 0.05) is 42.2 Å². The Balaban J connectivity index is 1.74. The predicted octanol–water partition coefficient (Wildman–Crippen LogP) is 3.61. The molecule has 0 bridgehead atoms. The van der Waals surface area contributed by atoms with Crippen LogP contribution >= 0.6 is 0 Å². The third-order valence-corrected chi connectivity index (χ3v) is 7.22. The first-order chi connectivity index (χ1) is 16.0. The first-order valence-electron chi connectivity index (χ1n) is 10.7. The van der Waals surface area contributed by atoms with Crippen LogP contribution in [0, 0.1) is 0 Å². The summed E-state index contributed by atoms with van der Waals surface area (Å²) >= 11 is 0. The molecule has 0 aliphatic carbocycles. The molecule has 1 N–H and O–H groups in total. The molecule has 0 aliphatic rings. The highest BCUT2D eigenvalue weighted by Crippen LogP contribution is 2.40. The number of methoxy groups -OCH3 is 3. The minimum absolute atomic E-state index is 0.0341. The summed E-state index contributed by atoms with van der Waals surface area (Å²) in [7, 11) is 4.20. The lowest BCUT2D eigenvalue weighted by Crippen LogP contribution is -2.28. The maximum atomic E-state index is 13.2. The fourth-order valence-electron chi connectivity index (χ4n) is 3.69. The van der Waals surface area contributed by atoms with Gasteiger partial charge in [0.1, 0.15) is 23.4 Å². The van der Waals surface area contributed by atoms with E-state index in [0.29, 0.717) is 64.3 Å². The van der Waals surface area contributed by atoms with Crippen LogP contribution in [0.5, 0.6) is 28.7 Å². The fraction of sp³-hybridized carbons (Fsp3) is 0.417. The first-order valence-corrected chi connectivity index (χ1v) is 12.5. The van der Waals surface area contributed by atoms with Gasteiger partial charge in [0.15, 0.2) is 17.2 Å². The number of ether oxygens (including phenoxy) is 4. The second-order valence-electron chi connectivity index (χ2n) is 7.41. The lowest BCUT2D eigenvalue weighted by atomic mass is 10.2. The summed E-state index contributed by atoms with van der Waals surface area (Å²) in [5, 5.41) is 11.5. The van der Waals surface area contributed by atoms with Gasteiger partial charge in [0.25, 0.3) is 4.90 Å². The van der Waals surface area contributed by atoms with Crippen molar-refractivity contribution in [1.82, 2.24) is 9.55 Å². The standard InChI is InChI=1S/C24H30N2O6S/c1-6-11-26-23-17(9-7-10-25-23)20(27)22(24(26)28)33(5)13-8-12-32-16-14-18(29-2)21(31-4)19(15-16)30-3/h7,9-10,14-15H,6,8,11-13H2,1-5H3/p+1. The Morgan fingerprint density at radius 3 is 2.42 bits per heavy atom. The molecule has 178 valence electrons. The summed E-state index contributed by atoms with van der Waals surface area (Å²) in [5.74, 6) is 2.89. The van der Waals surface area contributed by atoms with E-state index in [-0.39, 0.29) is 11.3 Å². The van der Waals surface area contributed by atoms with Gasteiger partial charge in [0.2, 0.25) is 5.75 Å². The number of fused-ring (bicyclic) bond motifs is 1. The van der Waals surface area contributed by atoms with E-state index < -0.39 is 10.9 Å². The van der Waals surface area contributed by atoms with Gasteiger partial charge in [-0.05, 0) is 18.6 Å². The third kappa shape index (κ3) is 5.13. The SMILES string of the molecule is CCCn1c(=O)c([S+](C)CCCOc2cc(OC)c(OC)c(OC)c2)c(O)c2cccnc21. The summed E-state index contributed by atoms with van der Waals surface area (Å²) in [5.41, 5.74) is 0.352. The second-order valence-corrected chi connectivity index (χ2v) is 9.50. The number of pyridine rings is 2. The van der Waals surface area contributed by atoms with Gasteiger partial charge >= 0.3 is 5.56 Å². The van der Waals surface area contributed by atoms with Crippen LogP contribution in [0.4, 0.5) is 0 Å². The minimum atomic E-state index is -0.462. The molecule has 3 aromatic rings. The number of aromatic nitrogens is 2. The maximum absolute atomic E-state index is 13.2. The van der Waals surface area contributed by atoms with Crippen molar-refractivity contribution in [2.75, 3.05) is 39.9 Å². The number of benzene rings is 1. The summed E-state index contributed by atoms with van der Waals surface area (Å²) < 4.78 is 23.6. The van der Waals surface area contributed by atoms with Crippen molar-refractivity contribution in [3.63, 3.8) is 0 Å². The summed E-state index contributed by atoms with van der Waals surface area (Å²) in [6, 6.07) is 7.07. The van der Waals surface area contributed by atoms with E-state index in [9.17, 15) is 9.90 Å². The maximum Gasteiger partial charge on any atom is 0.311 e. The zero-order valence-electron chi connectivity index (χ0n) is 19.7. The number of aromatic hydroxyl groups is 1. The lowest BCUT2D eigenvalue weighted by molar-refractivity contribution is 0.299. The van der Waals surface area contributed by atoms with E-state index in [1.165, 1.54) is 0 Å². The van der Waals surface area contributed by atoms with E-state index in [4.69, 9.17) is 18.9 Å². The minimum Gasteiger partial charge on any atom is -0.503 e. The molecule has 0 fully saturated rings. The topological polar surface area (TPSA) is 92.0 Å². The predicted molar refractivity (Wildman–Crippen MR) is 131 cm³/mol. The number of nitrogens with zero attached hydrogens (tertiary/aromatic N) is 2. The number of hydrogen-bond acceptors (Lipinski definition) is 7. The lowest BCUT2D eigenvalue weighted by Gasteiger charge is -2.15. The molecule has 2 heterocycles. The monoisotopic (exact) mass is 475 g/mol. The van der Waals surface area contributed by atoms with E-state index in [1.54, 1.807) is 56.4 Å². The molecule has 8 nitrogen and oxygen atoms in total. The molecule has 1 atom stereocenters. The van der Waals surface area contributed by atoms with Gasteiger partial charge in [0.05, 0.1) is 33.3 Å². The van der Waals surface area contributed by atoms with E-state index in [0.717, 1.165) is 6.42 Å². The normalized spacial score (nSPS) is 11.9. The number of rotatable bonds is 11. The smallest absolute Gasteiger partial charge is 0.311 e. The van der Waals surface area contributed by atoms with Gasteiger partial charge in [-0.1, -0.05) is 6.92 Å². The van der Waals surface area contributed by atoms with Gasteiger partial charge in [-0.25, -0.2) is 4.98 Å². The van der Waals surface area contributed by atoms with Crippen molar-refractivity contribution in [1.29, 1.82) is 0 Å². The van der Waals surface area contributed by atoms with Gasteiger partial charge in [-0.2, -0.15) is 0 Å². The summed E-state index contributed by atoms with van der Waals surface area (Å²) in [6.07, 6.45) is 5.12. The van der Waals surface area contributed by atoms with Gasteiger partial charge in [-0.3, -0.25) is 9.36 Å². The van der Waals surface area contributed by atoms with Crippen LogP contribution in [0.2, 0.25) is 0 Å². The zero-order valence-corrected chi connectivity index (χ0v) is 20.5. The van der Waals surface area contributed by atoms with Crippen molar-refractivity contribution in [3.8, 4) is 28.7 Å². The molecule has 9 heteroatoms. The van der Waals surface area contributed by atoms with Gasteiger partial charge in [-0.15, -0.1) is 0 Å². The quantitative estimate of drug-likeness (QED) is 0.335. The van der Waals surface area contributed by atoms with Crippen LogP contribution in [0.15, 0.2) is 40.2 Å². The van der Waals surface area contributed by atoms with Crippen molar-refractivity contribution in [2.24, 2.45) is 0 Å². The number of hydrogen-bond donors (Lipinski definition) is 1. The van der Waals surface area contributed by atoms with Crippen LogP contribution < -0.4 is 24.5 Å². The highest BCUT2D eigenvalue weighted by molar-refractivity contribution is 7.96. The second kappa shape index (κ2) is 11.2. The highest BCUT2D eigenvalue weighted by atomic mass is 32.2. The molecule has 0 radical (unpaired) electrons. The van der Waals surface area contributed by atoms with Crippen LogP contribution in [-0.2, 0) is 17.4 Å². The number of aryl methyl sites for hydroxylation is 1. The fourth-order valence-corrected chi connectivity index (χ4v) is 5.30. The first kappa shape index (κ1) is 24.6. The Kier molecular flexibility index (Phi) is 8.32.